The largest absolute Gasteiger partial charge is 0.506 e. The summed E-state index contributed by atoms with van der Waals surface area (Å²) in [5, 5.41) is 12.8. The van der Waals surface area contributed by atoms with E-state index >= 15 is 0 Å². The van der Waals surface area contributed by atoms with E-state index in [1.807, 2.05) is 0 Å². The average Bonchev–Trinajstić information content (AvgIpc) is 2.25. The van der Waals surface area contributed by atoms with E-state index in [4.69, 9.17) is 0 Å². The minimum absolute atomic E-state index is 0.0149. The van der Waals surface area contributed by atoms with Crippen LogP contribution in [0, 0.1) is 5.82 Å². The van der Waals surface area contributed by atoms with E-state index in [1.165, 1.54) is 6.07 Å². The third kappa shape index (κ3) is 2.64. The summed E-state index contributed by atoms with van der Waals surface area (Å²) in [7, 11) is 2.10. The van der Waals surface area contributed by atoms with Gasteiger partial charge in [0.2, 0.25) is 0 Å². The van der Waals surface area contributed by atoms with Crippen LogP contribution in [0.3, 0.4) is 0 Å². The summed E-state index contributed by atoms with van der Waals surface area (Å²) >= 11 is 0. The average molecular weight is 224 g/mol. The number of phenolic OH excluding ortho intramolecular Hbond substituents is 1. The van der Waals surface area contributed by atoms with Gasteiger partial charge in [-0.2, -0.15) is 0 Å². The van der Waals surface area contributed by atoms with Crippen molar-refractivity contribution in [3.63, 3.8) is 0 Å². The van der Waals surface area contributed by atoms with E-state index < -0.39 is 5.82 Å². The van der Waals surface area contributed by atoms with Crippen molar-refractivity contribution in [3.8, 4) is 5.75 Å². The Balaban J connectivity index is 1.98. The first kappa shape index (κ1) is 11.2. The van der Waals surface area contributed by atoms with Crippen LogP contribution < -0.4 is 5.32 Å². The normalized spacial score (nSPS) is 18.6. The van der Waals surface area contributed by atoms with Crippen molar-refractivity contribution >= 4 is 5.69 Å². The van der Waals surface area contributed by atoms with Crippen LogP contribution in [0.4, 0.5) is 10.1 Å². The third-order valence-electron chi connectivity index (χ3n) is 3.04. The van der Waals surface area contributed by atoms with Crippen LogP contribution in [0.25, 0.3) is 0 Å². The summed E-state index contributed by atoms with van der Waals surface area (Å²) in [4.78, 5) is 2.28. The third-order valence-corrected chi connectivity index (χ3v) is 3.04. The lowest BCUT2D eigenvalue weighted by Gasteiger charge is -2.30. The van der Waals surface area contributed by atoms with Crippen LogP contribution in [0.2, 0.25) is 0 Å². The molecule has 1 aromatic rings. The summed E-state index contributed by atoms with van der Waals surface area (Å²) < 4.78 is 12.8. The van der Waals surface area contributed by atoms with Crippen molar-refractivity contribution in [2.75, 3.05) is 25.5 Å². The minimum Gasteiger partial charge on any atom is -0.506 e. The Morgan fingerprint density at radius 2 is 2.06 bits per heavy atom. The molecule has 1 aliphatic heterocycles. The van der Waals surface area contributed by atoms with Gasteiger partial charge in [-0.15, -0.1) is 0 Å². The minimum atomic E-state index is -0.411. The molecule has 1 heterocycles. The lowest BCUT2D eigenvalue weighted by molar-refractivity contribution is 0.263. The van der Waals surface area contributed by atoms with Gasteiger partial charge in [-0.05, 0) is 45.1 Å². The number of halogens is 1. The Hall–Kier alpha value is -1.29. The molecule has 1 fully saturated rings. The number of hydrogen-bond acceptors (Lipinski definition) is 3. The number of likely N-dealkylation sites (tertiary alicyclic amines) is 1. The van der Waals surface area contributed by atoms with Gasteiger partial charge >= 0.3 is 0 Å². The Kier molecular flexibility index (Phi) is 3.29. The second-order valence-corrected chi connectivity index (χ2v) is 4.38. The van der Waals surface area contributed by atoms with Gasteiger partial charge in [0.1, 0.15) is 11.6 Å². The molecule has 1 saturated heterocycles. The molecule has 0 radical (unpaired) electrons. The molecule has 16 heavy (non-hydrogen) atoms. The van der Waals surface area contributed by atoms with Crippen LogP contribution in [0.1, 0.15) is 12.8 Å². The molecule has 0 aliphatic carbocycles. The van der Waals surface area contributed by atoms with Crippen molar-refractivity contribution in [2.45, 2.75) is 18.9 Å². The number of anilines is 1. The zero-order valence-corrected chi connectivity index (χ0v) is 9.41. The summed E-state index contributed by atoms with van der Waals surface area (Å²) in [5.41, 5.74) is 0.621. The summed E-state index contributed by atoms with van der Waals surface area (Å²) in [5.74, 6) is -0.426. The number of nitrogens with zero attached hydrogens (tertiary/aromatic N) is 1. The van der Waals surface area contributed by atoms with Crippen molar-refractivity contribution in [1.29, 1.82) is 0 Å². The van der Waals surface area contributed by atoms with Crippen molar-refractivity contribution in [1.82, 2.24) is 4.90 Å². The van der Waals surface area contributed by atoms with Crippen LogP contribution >= 0.6 is 0 Å². The number of nitrogens with one attached hydrogen (secondary N) is 1. The highest BCUT2D eigenvalue weighted by atomic mass is 19.1. The summed E-state index contributed by atoms with van der Waals surface area (Å²) in [6.07, 6.45) is 2.10. The topological polar surface area (TPSA) is 35.5 Å². The highest BCUT2D eigenvalue weighted by Crippen LogP contribution is 2.26. The van der Waals surface area contributed by atoms with Crippen molar-refractivity contribution in [3.05, 3.63) is 24.0 Å². The molecule has 3 nitrogen and oxygen atoms in total. The monoisotopic (exact) mass is 224 g/mol. The van der Waals surface area contributed by atoms with E-state index in [0.29, 0.717) is 11.7 Å². The smallest absolute Gasteiger partial charge is 0.141 e. The zero-order valence-electron chi connectivity index (χ0n) is 9.41. The molecule has 0 atom stereocenters. The van der Waals surface area contributed by atoms with Gasteiger partial charge in [-0.25, -0.2) is 4.39 Å². The molecule has 2 N–H and O–H groups in total. The van der Waals surface area contributed by atoms with Crippen LogP contribution in [-0.2, 0) is 0 Å². The zero-order chi connectivity index (χ0) is 11.5. The molecule has 4 heteroatoms. The number of rotatable bonds is 2. The highest BCUT2D eigenvalue weighted by Gasteiger charge is 2.17. The van der Waals surface area contributed by atoms with Gasteiger partial charge < -0.3 is 15.3 Å². The lowest BCUT2D eigenvalue weighted by atomic mass is 10.1. The molecule has 88 valence electrons. The van der Waals surface area contributed by atoms with E-state index in [9.17, 15) is 9.50 Å². The molecule has 0 bridgehead atoms. The fourth-order valence-electron chi connectivity index (χ4n) is 2.00. The molecule has 0 amide bonds. The van der Waals surface area contributed by atoms with Gasteiger partial charge in [0.25, 0.3) is 0 Å². The second-order valence-electron chi connectivity index (χ2n) is 4.38. The SMILES string of the molecule is CN1CCC(Nc2ccc(F)cc2O)CC1. The number of hydrogen-bond donors (Lipinski definition) is 2. The molecule has 1 aromatic carbocycles. The van der Waals surface area contributed by atoms with Gasteiger partial charge in [0.15, 0.2) is 0 Å². The second kappa shape index (κ2) is 4.70. The number of aromatic hydroxyl groups is 1. The van der Waals surface area contributed by atoms with Crippen LogP contribution in [-0.4, -0.2) is 36.2 Å². The van der Waals surface area contributed by atoms with Gasteiger partial charge in [0, 0.05) is 12.1 Å². The number of phenols is 1. The molecular formula is C12H17FN2O. The van der Waals surface area contributed by atoms with Crippen molar-refractivity contribution in [2.24, 2.45) is 0 Å². The maximum atomic E-state index is 12.8. The maximum absolute atomic E-state index is 12.8. The first-order valence-electron chi connectivity index (χ1n) is 5.59. The molecule has 0 aromatic heterocycles. The summed E-state index contributed by atoms with van der Waals surface area (Å²) in [6.45, 7) is 2.11. The first-order valence-corrected chi connectivity index (χ1v) is 5.59. The predicted molar refractivity (Wildman–Crippen MR) is 62.2 cm³/mol. The van der Waals surface area contributed by atoms with Crippen LogP contribution in [0.5, 0.6) is 5.75 Å². The highest BCUT2D eigenvalue weighted by molar-refractivity contribution is 5.56. The molecule has 0 unspecified atom stereocenters. The quantitative estimate of drug-likeness (QED) is 0.755. The Morgan fingerprint density at radius 3 is 2.69 bits per heavy atom. The molecule has 1 aliphatic rings. The number of benzene rings is 1. The Bertz CT molecular complexity index is 362. The fraction of sp³-hybridized carbons (Fsp3) is 0.500. The Morgan fingerprint density at radius 1 is 1.38 bits per heavy atom. The molecule has 0 saturated carbocycles. The van der Waals surface area contributed by atoms with Crippen LogP contribution in [0.15, 0.2) is 18.2 Å². The van der Waals surface area contributed by atoms with Crippen molar-refractivity contribution < 1.29 is 9.50 Å². The van der Waals surface area contributed by atoms with Gasteiger partial charge in [0.05, 0.1) is 5.69 Å². The summed E-state index contributed by atoms with van der Waals surface area (Å²) in [6, 6.07) is 4.45. The fourth-order valence-corrected chi connectivity index (χ4v) is 2.00. The van der Waals surface area contributed by atoms with E-state index in [-0.39, 0.29) is 5.75 Å². The molecule has 2 rings (SSSR count). The predicted octanol–water partition coefficient (Wildman–Crippen LogP) is 2.04. The van der Waals surface area contributed by atoms with Gasteiger partial charge in [-0.1, -0.05) is 0 Å². The Labute approximate surface area is 94.9 Å². The standard InChI is InChI=1S/C12H17FN2O/c1-15-6-4-10(5-7-15)14-11-3-2-9(13)8-12(11)16/h2-3,8,10,14,16H,4-7H2,1H3. The maximum Gasteiger partial charge on any atom is 0.141 e. The number of piperidine rings is 1. The lowest BCUT2D eigenvalue weighted by Crippen LogP contribution is -2.36. The van der Waals surface area contributed by atoms with E-state index in [0.717, 1.165) is 32.0 Å². The van der Waals surface area contributed by atoms with Gasteiger partial charge in [-0.3, -0.25) is 0 Å². The molecule has 0 spiro atoms. The first-order chi connectivity index (χ1) is 7.65. The van der Waals surface area contributed by atoms with E-state index in [1.54, 1.807) is 6.07 Å². The van der Waals surface area contributed by atoms with E-state index in [2.05, 4.69) is 17.3 Å². The molecular weight excluding hydrogens is 207 g/mol.